The number of nitrogens with one attached hydrogen (secondary N) is 1. The Morgan fingerprint density at radius 2 is 2.31 bits per heavy atom. The monoisotopic (exact) mass is 221 g/mol. The summed E-state index contributed by atoms with van der Waals surface area (Å²) in [5.41, 5.74) is 0.993. The highest BCUT2D eigenvalue weighted by molar-refractivity contribution is 5.49. The van der Waals surface area contributed by atoms with Crippen molar-refractivity contribution < 1.29 is 4.74 Å². The molecule has 0 saturated heterocycles. The third kappa shape index (κ3) is 2.26. The van der Waals surface area contributed by atoms with E-state index in [1.165, 1.54) is 19.3 Å². The predicted molar refractivity (Wildman–Crippen MR) is 63.7 cm³/mol. The second-order valence-corrected chi connectivity index (χ2v) is 4.39. The lowest BCUT2D eigenvalue weighted by Gasteiger charge is -2.10. The van der Waals surface area contributed by atoms with Gasteiger partial charge >= 0.3 is 0 Å². The molecule has 1 aliphatic carbocycles. The maximum absolute atomic E-state index is 5.17. The van der Waals surface area contributed by atoms with Crippen LogP contribution in [0.3, 0.4) is 0 Å². The minimum absolute atomic E-state index is 0.596. The molecule has 2 rings (SSSR count). The van der Waals surface area contributed by atoms with E-state index in [0.717, 1.165) is 17.3 Å². The van der Waals surface area contributed by atoms with E-state index in [2.05, 4.69) is 22.2 Å². The van der Waals surface area contributed by atoms with E-state index in [9.17, 15) is 0 Å². The predicted octanol–water partition coefficient (Wildman–Crippen LogP) is 2.39. The molecule has 1 aromatic rings. The number of aromatic nitrogens is 2. The molecule has 4 nitrogen and oxygen atoms in total. The number of methoxy groups -OCH3 is 1. The van der Waals surface area contributed by atoms with E-state index < -0.39 is 0 Å². The largest absolute Gasteiger partial charge is 0.481 e. The summed E-state index contributed by atoms with van der Waals surface area (Å²) in [5.74, 6) is 2.39. The fraction of sp³-hybridized carbons (Fsp3) is 0.667. The molecule has 1 N–H and O–H groups in total. The van der Waals surface area contributed by atoms with E-state index in [4.69, 9.17) is 4.74 Å². The molecule has 4 heteroatoms. The van der Waals surface area contributed by atoms with Gasteiger partial charge in [0.05, 0.1) is 12.7 Å². The number of hydrogen-bond donors (Lipinski definition) is 1. The Morgan fingerprint density at radius 1 is 1.50 bits per heavy atom. The molecular weight excluding hydrogens is 202 g/mol. The average molecular weight is 221 g/mol. The molecular formula is C12H19N3O. The van der Waals surface area contributed by atoms with Gasteiger partial charge in [0.25, 0.3) is 0 Å². The summed E-state index contributed by atoms with van der Waals surface area (Å²) in [6, 6.07) is 0.596. The lowest BCUT2D eigenvalue weighted by atomic mass is 10.2. The summed E-state index contributed by atoms with van der Waals surface area (Å²) in [6.07, 6.45) is 5.37. The van der Waals surface area contributed by atoms with Crippen molar-refractivity contribution in [2.75, 3.05) is 12.4 Å². The van der Waals surface area contributed by atoms with Crippen LogP contribution in [0.1, 0.15) is 31.7 Å². The molecule has 0 radical (unpaired) electrons. The Bertz CT molecular complexity index is 367. The van der Waals surface area contributed by atoms with Crippen LogP contribution in [0.15, 0.2) is 6.33 Å². The van der Waals surface area contributed by atoms with E-state index in [1.807, 2.05) is 6.92 Å². The zero-order valence-electron chi connectivity index (χ0n) is 10.2. The lowest BCUT2D eigenvalue weighted by molar-refractivity contribution is 0.393. The van der Waals surface area contributed by atoms with Crippen LogP contribution in [-0.2, 0) is 0 Å². The molecule has 1 fully saturated rings. The van der Waals surface area contributed by atoms with Gasteiger partial charge in [0.2, 0.25) is 5.88 Å². The first-order chi connectivity index (χ1) is 7.76. The van der Waals surface area contributed by atoms with Crippen molar-refractivity contribution in [3.05, 3.63) is 11.9 Å². The Hall–Kier alpha value is -1.32. The molecule has 0 aliphatic heterocycles. The summed E-state index contributed by atoms with van der Waals surface area (Å²) >= 11 is 0. The molecule has 1 aliphatic rings. The van der Waals surface area contributed by atoms with Crippen LogP contribution >= 0.6 is 0 Å². The van der Waals surface area contributed by atoms with Gasteiger partial charge in [0, 0.05) is 6.04 Å². The van der Waals surface area contributed by atoms with Crippen molar-refractivity contribution in [3.8, 4) is 5.88 Å². The molecule has 2 unspecified atom stereocenters. The van der Waals surface area contributed by atoms with Crippen molar-refractivity contribution >= 4 is 5.82 Å². The van der Waals surface area contributed by atoms with Gasteiger partial charge in [-0.15, -0.1) is 0 Å². The number of rotatable bonds is 5. The zero-order chi connectivity index (χ0) is 11.5. The number of hydrogen-bond acceptors (Lipinski definition) is 4. The molecule has 1 aromatic heterocycles. The van der Waals surface area contributed by atoms with E-state index in [0.29, 0.717) is 11.9 Å². The second-order valence-electron chi connectivity index (χ2n) is 4.39. The molecule has 88 valence electrons. The highest BCUT2D eigenvalue weighted by atomic mass is 16.5. The molecule has 16 heavy (non-hydrogen) atoms. The smallest absolute Gasteiger partial charge is 0.221 e. The van der Waals surface area contributed by atoms with Crippen molar-refractivity contribution in [2.45, 2.75) is 39.2 Å². The van der Waals surface area contributed by atoms with Gasteiger partial charge in [-0.3, -0.25) is 0 Å². The quantitative estimate of drug-likeness (QED) is 0.829. The van der Waals surface area contributed by atoms with Crippen LogP contribution in [-0.4, -0.2) is 23.1 Å². The van der Waals surface area contributed by atoms with Gasteiger partial charge in [-0.05, 0) is 25.7 Å². The van der Waals surface area contributed by atoms with E-state index >= 15 is 0 Å². The average Bonchev–Trinajstić information content (AvgIpc) is 3.00. The third-order valence-corrected chi connectivity index (χ3v) is 3.14. The molecule has 1 heterocycles. The van der Waals surface area contributed by atoms with Crippen LogP contribution in [0.5, 0.6) is 5.88 Å². The van der Waals surface area contributed by atoms with Gasteiger partial charge in [-0.25, -0.2) is 9.97 Å². The normalized spacial score (nSPS) is 22.9. The summed E-state index contributed by atoms with van der Waals surface area (Å²) in [7, 11) is 1.64. The standard InChI is InChI=1S/C12H19N3O/c1-4-5-9-6-10(9)15-11-8(2)12(16-3)14-7-13-11/h7,9-10H,4-6H2,1-3H3,(H,13,14,15). The van der Waals surface area contributed by atoms with E-state index in [-0.39, 0.29) is 0 Å². The Kier molecular flexibility index (Phi) is 3.27. The SMILES string of the molecule is CCCC1CC1Nc1ncnc(OC)c1C. The summed E-state index contributed by atoms with van der Waals surface area (Å²) in [6.45, 7) is 4.21. The Labute approximate surface area is 96.4 Å². The van der Waals surface area contributed by atoms with Crippen molar-refractivity contribution in [3.63, 3.8) is 0 Å². The lowest BCUT2D eigenvalue weighted by Crippen LogP contribution is -2.09. The second kappa shape index (κ2) is 4.68. The van der Waals surface area contributed by atoms with Crippen molar-refractivity contribution in [1.82, 2.24) is 9.97 Å². The maximum atomic E-state index is 5.17. The topological polar surface area (TPSA) is 47.0 Å². The van der Waals surface area contributed by atoms with Crippen LogP contribution < -0.4 is 10.1 Å². The first-order valence-electron chi connectivity index (χ1n) is 5.88. The number of ether oxygens (including phenoxy) is 1. The molecule has 1 saturated carbocycles. The van der Waals surface area contributed by atoms with Crippen molar-refractivity contribution in [2.24, 2.45) is 5.92 Å². The minimum atomic E-state index is 0.596. The third-order valence-electron chi connectivity index (χ3n) is 3.14. The van der Waals surface area contributed by atoms with Crippen molar-refractivity contribution in [1.29, 1.82) is 0 Å². The van der Waals surface area contributed by atoms with Crippen LogP contribution in [0.2, 0.25) is 0 Å². The summed E-state index contributed by atoms with van der Waals surface area (Å²) in [5, 5.41) is 3.46. The van der Waals surface area contributed by atoms with Crippen LogP contribution in [0.25, 0.3) is 0 Å². The van der Waals surface area contributed by atoms with Gasteiger partial charge in [0.1, 0.15) is 12.1 Å². The number of nitrogens with zero attached hydrogens (tertiary/aromatic N) is 2. The molecule has 0 amide bonds. The van der Waals surface area contributed by atoms with Crippen LogP contribution in [0.4, 0.5) is 5.82 Å². The Balaban J connectivity index is 2.00. The molecule has 0 bridgehead atoms. The molecule has 0 spiro atoms. The molecule has 2 atom stereocenters. The first-order valence-corrected chi connectivity index (χ1v) is 5.88. The van der Waals surface area contributed by atoms with Gasteiger partial charge in [0.15, 0.2) is 0 Å². The fourth-order valence-electron chi connectivity index (χ4n) is 2.08. The number of anilines is 1. The fourth-order valence-corrected chi connectivity index (χ4v) is 2.08. The maximum Gasteiger partial charge on any atom is 0.221 e. The summed E-state index contributed by atoms with van der Waals surface area (Å²) < 4.78 is 5.17. The first kappa shape index (κ1) is 11.2. The minimum Gasteiger partial charge on any atom is -0.481 e. The van der Waals surface area contributed by atoms with Gasteiger partial charge in [-0.1, -0.05) is 13.3 Å². The van der Waals surface area contributed by atoms with Crippen LogP contribution in [0, 0.1) is 12.8 Å². The molecule has 0 aromatic carbocycles. The van der Waals surface area contributed by atoms with Gasteiger partial charge in [-0.2, -0.15) is 0 Å². The summed E-state index contributed by atoms with van der Waals surface area (Å²) in [4.78, 5) is 8.33. The van der Waals surface area contributed by atoms with E-state index in [1.54, 1.807) is 13.4 Å². The highest BCUT2D eigenvalue weighted by Crippen LogP contribution is 2.37. The Morgan fingerprint density at radius 3 is 3.00 bits per heavy atom. The van der Waals surface area contributed by atoms with Gasteiger partial charge < -0.3 is 10.1 Å². The zero-order valence-corrected chi connectivity index (χ0v) is 10.2. The highest BCUT2D eigenvalue weighted by Gasteiger charge is 2.36.